The molecule has 0 aliphatic carbocycles. The van der Waals surface area contributed by atoms with Gasteiger partial charge in [-0.1, -0.05) is 12.1 Å². The SMILES string of the molecule is O=C(Cc1ccc(-n2cccn2)cc1)NC[C@]1(O)CCOC1. The lowest BCUT2D eigenvalue weighted by Gasteiger charge is -2.20. The molecule has 1 saturated heterocycles. The smallest absolute Gasteiger partial charge is 0.224 e. The Morgan fingerprint density at radius 2 is 2.23 bits per heavy atom. The van der Waals surface area contributed by atoms with Crippen LogP contribution in [-0.4, -0.2) is 46.2 Å². The van der Waals surface area contributed by atoms with Crippen molar-refractivity contribution in [1.29, 1.82) is 0 Å². The Labute approximate surface area is 128 Å². The van der Waals surface area contributed by atoms with Gasteiger partial charge >= 0.3 is 0 Å². The lowest BCUT2D eigenvalue weighted by atomic mass is 10.0. The van der Waals surface area contributed by atoms with Gasteiger partial charge in [0, 0.05) is 32.0 Å². The Kier molecular flexibility index (Phi) is 4.22. The van der Waals surface area contributed by atoms with Crippen LogP contribution in [-0.2, 0) is 16.0 Å². The number of carbonyl (C=O) groups is 1. The Balaban J connectivity index is 1.53. The molecule has 2 N–H and O–H groups in total. The molecule has 0 spiro atoms. The highest BCUT2D eigenvalue weighted by Crippen LogP contribution is 2.17. The summed E-state index contributed by atoms with van der Waals surface area (Å²) in [7, 11) is 0. The summed E-state index contributed by atoms with van der Waals surface area (Å²) in [6.45, 7) is 1.06. The predicted octanol–water partition coefficient (Wildman–Crippen LogP) is 0.682. The van der Waals surface area contributed by atoms with Crippen LogP contribution in [0.15, 0.2) is 42.7 Å². The highest BCUT2D eigenvalue weighted by Gasteiger charge is 2.32. The number of nitrogens with one attached hydrogen (secondary N) is 1. The Bertz CT molecular complexity index is 617. The summed E-state index contributed by atoms with van der Waals surface area (Å²) in [5.41, 5.74) is 0.953. The van der Waals surface area contributed by atoms with Gasteiger partial charge in [-0.25, -0.2) is 4.68 Å². The van der Waals surface area contributed by atoms with Crippen molar-refractivity contribution in [3.8, 4) is 5.69 Å². The molecule has 3 rings (SSSR count). The average Bonchev–Trinajstić information content (AvgIpc) is 3.18. The molecule has 1 fully saturated rings. The standard InChI is InChI=1S/C16H19N3O3/c20-15(17-11-16(21)6-9-22-12-16)10-13-2-4-14(5-3-13)19-8-1-7-18-19/h1-5,7-8,21H,6,9-12H2,(H,17,20)/t16-/m1/s1. The highest BCUT2D eigenvalue weighted by molar-refractivity contribution is 5.78. The van der Waals surface area contributed by atoms with Crippen molar-refractivity contribution >= 4 is 5.91 Å². The Morgan fingerprint density at radius 3 is 2.86 bits per heavy atom. The second-order valence-electron chi connectivity index (χ2n) is 5.60. The number of benzene rings is 1. The van der Waals surface area contributed by atoms with E-state index in [1.165, 1.54) is 0 Å². The van der Waals surface area contributed by atoms with Crippen LogP contribution in [0.4, 0.5) is 0 Å². The molecule has 2 aromatic rings. The zero-order chi connectivity index (χ0) is 15.4. The van der Waals surface area contributed by atoms with Gasteiger partial charge in [0.25, 0.3) is 0 Å². The van der Waals surface area contributed by atoms with E-state index in [-0.39, 0.29) is 25.5 Å². The lowest BCUT2D eigenvalue weighted by Crippen LogP contribution is -2.43. The van der Waals surface area contributed by atoms with E-state index in [0.29, 0.717) is 13.0 Å². The van der Waals surface area contributed by atoms with Crippen molar-refractivity contribution in [2.24, 2.45) is 0 Å². The minimum Gasteiger partial charge on any atom is -0.386 e. The summed E-state index contributed by atoms with van der Waals surface area (Å²) < 4.78 is 6.91. The van der Waals surface area contributed by atoms with E-state index < -0.39 is 5.60 Å². The molecule has 116 valence electrons. The van der Waals surface area contributed by atoms with E-state index >= 15 is 0 Å². The molecular formula is C16H19N3O3. The molecule has 1 aromatic heterocycles. The number of amides is 1. The van der Waals surface area contributed by atoms with Gasteiger partial charge < -0.3 is 15.2 Å². The van der Waals surface area contributed by atoms with E-state index in [0.717, 1.165) is 11.3 Å². The van der Waals surface area contributed by atoms with Crippen LogP contribution >= 0.6 is 0 Å². The van der Waals surface area contributed by atoms with Crippen molar-refractivity contribution in [2.75, 3.05) is 19.8 Å². The van der Waals surface area contributed by atoms with E-state index in [9.17, 15) is 9.90 Å². The van der Waals surface area contributed by atoms with Gasteiger partial charge in [0.2, 0.25) is 5.91 Å². The summed E-state index contributed by atoms with van der Waals surface area (Å²) in [4.78, 5) is 11.9. The van der Waals surface area contributed by atoms with Gasteiger partial charge in [-0.15, -0.1) is 0 Å². The van der Waals surface area contributed by atoms with E-state index in [2.05, 4.69) is 10.4 Å². The molecule has 22 heavy (non-hydrogen) atoms. The largest absolute Gasteiger partial charge is 0.386 e. The first-order chi connectivity index (χ1) is 10.6. The van der Waals surface area contributed by atoms with E-state index in [1.807, 2.05) is 36.5 Å². The van der Waals surface area contributed by atoms with Crippen LogP contribution in [0.3, 0.4) is 0 Å². The molecule has 1 aliphatic heterocycles. The van der Waals surface area contributed by atoms with Crippen LogP contribution in [0.2, 0.25) is 0 Å². The maximum atomic E-state index is 11.9. The normalized spacial score (nSPS) is 21.0. The topological polar surface area (TPSA) is 76.4 Å². The first-order valence-corrected chi connectivity index (χ1v) is 7.30. The summed E-state index contributed by atoms with van der Waals surface area (Å²) in [5.74, 6) is -0.104. The molecule has 0 radical (unpaired) electrons. The van der Waals surface area contributed by atoms with Crippen molar-refractivity contribution in [3.05, 3.63) is 48.3 Å². The van der Waals surface area contributed by atoms with Crippen LogP contribution in [0, 0.1) is 0 Å². The molecule has 1 aliphatic rings. The summed E-state index contributed by atoms with van der Waals surface area (Å²) in [6.07, 6.45) is 4.44. The van der Waals surface area contributed by atoms with Gasteiger partial charge in [-0.3, -0.25) is 4.79 Å². The summed E-state index contributed by atoms with van der Waals surface area (Å²) >= 11 is 0. The number of rotatable bonds is 5. The molecule has 2 heterocycles. The van der Waals surface area contributed by atoms with Crippen molar-refractivity contribution < 1.29 is 14.6 Å². The summed E-state index contributed by atoms with van der Waals surface area (Å²) in [5, 5.41) is 17.0. The van der Waals surface area contributed by atoms with E-state index in [4.69, 9.17) is 4.74 Å². The van der Waals surface area contributed by atoms with E-state index in [1.54, 1.807) is 10.9 Å². The van der Waals surface area contributed by atoms with Crippen LogP contribution in [0.25, 0.3) is 5.69 Å². The fourth-order valence-electron chi connectivity index (χ4n) is 2.43. The fraction of sp³-hybridized carbons (Fsp3) is 0.375. The average molecular weight is 301 g/mol. The van der Waals surface area contributed by atoms with Crippen molar-refractivity contribution in [1.82, 2.24) is 15.1 Å². The van der Waals surface area contributed by atoms with Gasteiger partial charge in [-0.2, -0.15) is 5.10 Å². The third-order valence-corrected chi connectivity index (χ3v) is 3.77. The first kappa shape index (κ1) is 14.7. The van der Waals surface area contributed by atoms with Gasteiger partial charge in [0.05, 0.1) is 18.7 Å². The van der Waals surface area contributed by atoms with Crippen molar-refractivity contribution in [3.63, 3.8) is 0 Å². The molecule has 6 nitrogen and oxygen atoms in total. The number of aromatic nitrogens is 2. The first-order valence-electron chi connectivity index (χ1n) is 7.30. The minimum atomic E-state index is -0.917. The number of carbonyl (C=O) groups excluding carboxylic acids is 1. The third kappa shape index (κ3) is 3.52. The van der Waals surface area contributed by atoms with Crippen molar-refractivity contribution in [2.45, 2.75) is 18.4 Å². The monoisotopic (exact) mass is 301 g/mol. The lowest BCUT2D eigenvalue weighted by molar-refractivity contribution is -0.121. The van der Waals surface area contributed by atoms with Gasteiger partial charge in [0.15, 0.2) is 0 Å². The number of hydrogen-bond donors (Lipinski definition) is 2. The minimum absolute atomic E-state index is 0.104. The number of hydrogen-bond acceptors (Lipinski definition) is 4. The second-order valence-corrected chi connectivity index (χ2v) is 5.60. The maximum absolute atomic E-state index is 11.9. The number of nitrogens with zero attached hydrogens (tertiary/aromatic N) is 2. The zero-order valence-corrected chi connectivity index (χ0v) is 12.2. The molecule has 1 amide bonds. The van der Waals surface area contributed by atoms with Crippen LogP contribution in [0.5, 0.6) is 0 Å². The summed E-state index contributed by atoms with van der Waals surface area (Å²) in [6, 6.07) is 9.52. The van der Waals surface area contributed by atoms with Crippen LogP contribution in [0.1, 0.15) is 12.0 Å². The quantitative estimate of drug-likeness (QED) is 0.851. The molecule has 0 unspecified atom stereocenters. The molecule has 1 atom stereocenters. The fourth-order valence-corrected chi connectivity index (χ4v) is 2.43. The van der Waals surface area contributed by atoms with Gasteiger partial charge in [-0.05, 0) is 23.8 Å². The Hall–Kier alpha value is -2.18. The highest BCUT2D eigenvalue weighted by atomic mass is 16.5. The molecule has 0 saturated carbocycles. The van der Waals surface area contributed by atoms with Gasteiger partial charge in [0.1, 0.15) is 5.60 Å². The molecule has 6 heteroatoms. The zero-order valence-electron chi connectivity index (χ0n) is 12.2. The second kappa shape index (κ2) is 6.29. The predicted molar refractivity (Wildman–Crippen MR) is 80.7 cm³/mol. The molecule has 0 bridgehead atoms. The molecule has 1 aromatic carbocycles. The number of aliphatic hydroxyl groups is 1. The van der Waals surface area contributed by atoms with Crippen LogP contribution < -0.4 is 5.32 Å². The molecular weight excluding hydrogens is 282 g/mol. The third-order valence-electron chi connectivity index (χ3n) is 3.77. The maximum Gasteiger partial charge on any atom is 0.224 e. The Morgan fingerprint density at radius 1 is 1.41 bits per heavy atom. The number of ether oxygens (including phenoxy) is 1.